The molecule has 0 spiro atoms. The van der Waals surface area contributed by atoms with Gasteiger partial charge in [0.25, 0.3) is 5.91 Å². The SMILES string of the molecule is O=C(O)c1cc2cc(C(=O)N3CCC[C@@H]3CN3CCCC3)ccc2[nH]1. The molecule has 0 aliphatic carbocycles. The van der Waals surface area contributed by atoms with E-state index < -0.39 is 5.97 Å². The molecule has 1 amide bonds. The van der Waals surface area contributed by atoms with E-state index in [4.69, 9.17) is 5.11 Å². The highest BCUT2D eigenvalue weighted by Crippen LogP contribution is 2.24. The first-order valence-corrected chi connectivity index (χ1v) is 9.01. The lowest BCUT2D eigenvalue weighted by Gasteiger charge is -2.28. The second kappa shape index (κ2) is 6.52. The van der Waals surface area contributed by atoms with E-state index in [2.05, 4.69) is 9.88 Å². The van der Waals surface area contributed by atoms with E-state index in [1.165, 1.54) is 12.8 Å². The van der Waals surface area contributed by atoms with Crippen molar-refractivity contribution < 1.29 is 14.7 Å². The van der Waals surface area contributed by atoms with Gasteiger partial charge in [0.15, 0.2) is 0 Å². The predicted octanol–water partition coefficient (Wildman–Crippen LogP) is 2.57. The average Bonchev–Trinajstić information content (AvgIpc) is 3.34. The van der Waals surface area contributed by atoms with Gasteiger partial charge in [-0.05, 0) is 63.0 Å². The lowest BCUT2D eigenvalue weighted by Crippen LogP contribution is -2.42. The van der Waals surface area contributed by atoms with Crippen molar-refractivity contribution in [2.24, 2.45) is 0 Å². The Morgan fingerprint density at radius 3 is 2.68 bits per heavy atom. The Morgan fingerprint density at radius 1 is 1.12 bits per heavy atom. The molecular formula is C19H23N3O3. The zero-order valence-corrected chi connectivity index (χ0v) is 14.2. The highest BCUT2D eigenvalue weighted by Gasteiger charge is 2.31. The van der Waals surface area contributed by atoms with Gasteiger partial charge in [-0.3, -0.25) is 4.79 Å². The summed E-state index contributed by atoms with van der Waals surface area (Å²) < 4.78 is 0. The number of H-pyrrole nitrogens is 1. The maximum absolute atomic E-state index is 13.0. The monoisotopic (exact) mass is 341 g/mol. The number of rotatable bonds is 4. The number of fused-ring (bicyclic) bond motifs is 1. The summed E-state index contributed by atoms with van der Waals surface area (Å²) in [6.07, 6.45) is 4.64. The van der Waals surface area contributed by atoms with Gasteiger partial charge in [-0.25, -0.2) is 4.79 Å². The van der Waals surface area contributed by atoms with Crippen LogP contribution >= 0.6 is 0 Å². The van der Waals surface area contributed by atoms with E-state index in [-0.39, 0.29) is 11.6 Å². The Labute approximate surface area is 146 Å². The number of amides is 1. The van der Waals surface area contributed by atoms with E-state index in [1.807, 2.05) is 4.90 Å². The number of likely N-dealkylation sites (tertiary alicyclic amines) is 2. The molecule has 2 fully saturated rings. The molecule has 0 saturated carbocycles. The van der Waals surface area contributed by atoms with Crippen molar-refractivity contribution >= 4 is 22.8 Å². The van der Waals surface area contributed by atoms with Gasteiger partial charge in [0.2, 0.25) is 0 Å². The summed E-state index contributed by atoms with van der Waals surface area (Å²) in [4.78, 5) is 31.4. The molecular weight excluding hydrogens is 318 g/mol. The molecule has 2 aliphatic heterocycles. The molecule has 0 bridgehead atoms. The van der Waals surface area contributed by atoms with Gasteiger partial charge in [0, 0.05) is 35.6 Å². The number of nitrogens with zero attached hydrogens (tertiary/aromatic N) is 2. The first-order valence-electron chi connectivity index (χ1n) is 9.01. The van der Waals surface area contributed by atoms with Crippen molar-refractivity contribution in [3.8, 4) is 0 Å². The smallest absolute Gasteiger partial charge is 0.352 e. The number of carboxylic acids is 1. The van der Waals surface area contributed by atoms with Crippen molar-refractivity contribution in [2.45, 2.75) is 31.7 Å². The second-order valence-electron chi connectivity index (χ2n) is 7.09. The summed E-state index contributed by atoms with van der Waals surface area (Å²) in [5, 5.41) is 9.86. The number of hydrogen-bond acceptors (Lipinski definition) is 3. The molecule has 2 aromatic rings. The molecule has 6 nitrogen and oxygen atoms in total. The van der Waals surface area contributed by atoms with E-state index >= 15 is 0 Å². The molecule has 2 aliphatic rings. The maximum Gasteiger partial charge on any atom is 0.352 e. The molecule has 132 valence electrons. The average molecular weight is 341 g/mol. The number of aromatic amines is 1. The van der Waals surface area contributed by atoms with Gasteiger partial charge >= 0.3 is 5.97 Å². The largest absolute Gasteiger partial charge is 0.477 e. The van der Waals surface area contributed by atoms with Crippen LogP contribution in [0.1, 0.15) is 46.5 Å². The zero-order chi connectivity index (χ0) is 17.4. The number of carboxylic acid groups (broad SMARTS) is 1. The molecule has 25 heavy (non-hydrogen) atoms. The second-order valence-corrected chi connectivity index (χ2v) is 7.09. The van der Waals surface area contributed by atoms with Crippen molar-refractivity contribution in [1.29, 1.82) is 0 Å². The van der Waals surface area contributed by atoms with Crippen LogP contribution in [0.15, 0.2) is 24.3 Å². The first kappa shape index (κ1) is 16.1. The Hall–Kier alpha value is -2.34. The number of aromatic carboxylic acids is 1. The minimum absolute atomic E-state index is 0.0571. The van der Waals surface area contributed by atoms with Crippen molar-refractivity contribution in [3.63, 3.8) is 0 Å². The van der Waals surface area contributed by atoms with Crippen molar-refractivity contribution in [3.05, 3.63) is 35.5 Å². The molecule has 2 N–H and O–H groups in total. The van der Waals surface area contributed by atoms with Crippen LogP contribution in [0.2, 0.25) is 0 Å². The Kier molecular flexibility index (Phi) is 4.21. The molecule has 1 aromatic heterocycles. The normalized spacial score (nSPS) is 21.3. The third kappa shape index (κ3) is 3.14. The summed E-state index contributed by atoms with van der Waals surface area (Å²) in [6, 6.07) is 7.26. The van der Waals surface area contributed by atoms with Crippen molar-refractivity contribution in [2.75, 3.05) is 26.2 Å². The minimum Gasteiger partial charge on any atom is -0.477 e. The van der Waals surface area contributed by atoms with Crippen LogP contribution in [0.3, 0.4) is 0 Å². The standard InChI is InChI=1S/C19H23N3O3/c23-18(22-9-3-4-15(22)12-21-7-1-2-8-21)13-5-6-16-14(10-13)11-17(20-16)19(24)25/h5-6,10-11,15,20H,1-4,7-9,12H2,(H,24,25)/t15-/m1/s1. The summed E-state index contributed by atoms with van der Waals surface area (Å²) in [5.74, 6) is -0.934. The number of carbonyl (C=O) groups excluding carboxylic acids is 1. The number of carbonyl (C=O) groups is 2. The van der Waals surface area contributed by atoms with Gasteiger partial charge < -0.3 is 19.9 Å². The zero-order valence-electron chi connectivity index (χ0n) is 14.2. The van der Waals surface area contributed by atoms with Crippen LogP contribution in [-0.4, -0.2) is 64.0 Å². The molecule has 3 heterocycles. The fourth-order valence-electron chi connectivity index (χ4n) is 4.10. The highest BCUT2D eigenvalue weighted by atomic mass is 16.4. The minimum atomic E-state index is -0.991. The summed E-state index contributed by atoms with van der Waals surface area (Å²) in [5.41, 5.74) is 1.52. The van der Waals surface area contributed by atoms with E-state index in [9.17, 15) is 9.59 Å². The highest BCUT2D eigenvalue weighted by molar-refractivity contribution is 6.00. The lowest BCUT2D eigenvalue weighted by molar-refractivity contribution is 0.0688. The molecule has 2 saturated heterocycles. The fraction of sp³-hybridized carbons (Fsp3) is 0.474. The molecule has 0 radical (unpaired) electrons. The van der Waals surface area contributed by atoms with Crippen LogP contribution in [0.4, 0.5) is 0 Å². The topological polar surface area (TPSA) is 76.6 Å². The van der Waals surface area contributed by atoms with Gasteiger partial charge in [-0.2, -0.15) is 0 Å². The van der Waals surface area contributed by atoms with Crippen LogP contribution in [0.5, 0.6) is 0 Å². The van der Waals surface area contributed by atoms with E-state index in [0.29, 0.717) is 11.6 Å². The molecule has 1 atom stereocenters. The lowest BCUT2D eigenvalue weighted by atomic mass is 10.1. The van der Waals surface area contributed by atoms with Crippen LogP contribution in [0.25, 0.3) is 10.9 Å². The van der Waals surface area contributed by atoms with E-state index in [1.54, 1.807) is 24.3 Å². The quantitative estimate of drug-likeness (QED) is 0.896. The predicted molar refractivity (Wildman–Crippen MR) is 95.0 cm³/mol. The van der Waals surface area contributed by atoms with Gasteiger partial charge in [-0.1, -0.05) is 0 Å². The van der Waals surface area contributed by atoms with Crippen LogP contribution in [0, 0.1) is 0 Å². The summed E-state index contributed by atoms with van der Waals surface area (Å²) >= 11 is 0. The molecule has 0 unspecified atom stereocenters. The first-order chi connectivity index (χ1) is 12.1. The molecule has 6 heteroatoms. The molecule has 4 rings (SSSR count). The third-order valence-corrected chi connectivity index (χ3v) is 5.40. The van der Waals surface area contributed by atoms with Crippen LogP contribution < -0.4 is 0 Å². The van der Waals surface area contributed by atoms with Gasteiger partial charge in [0.05, 0.1) is 0 Å². The Morgan fingerprint density at radius 2 is 1.92 bits per heavy atom. The maximum atomic E-state index is 13.0. The number of hydrogen-bond donors (Lipinski definition) is 2. The van der Waals surface area contributed by atoms with Gasteiger partial charge in [-0.15, -0.1) is 0 Å². The Bertz CT molecular complexity index is 807. The number of aromatic nitrogens is 1. The fourth-order valence-corrected chi connectivity index (χ4v) is 4.10. The van der Waals surface area contributed by atoms with Crippen LogP contribution in [-0.2, 0) is 0 Å². The Balaban J connectivity index is 1.54. The number of benzene rings is 1. The third-order valence-electron chi connectivity index (χ3n) is 5.40. The number of nitrogens with one attached hydrogen (secondary N) is 1. The molecule has 1 aromatic carbocycles. The van der Waals surface area contributed by atoms with Gasteiger partial charge in [0.1, 0.15) is 5.69 Å². The summed E-state index contributed by atoms with van der Waals surface area (Å²) in [7, 11) is 0. The van der Waals surface area contributed by atoms with Crippen molar-refractivity contribution in [1.82, 2.24) is 14.8 Å². The summed E-state index contributed by atoms with van der Waals surface area (Å²) in [6.45, 7) is 4.07. The van der Waals surface area contributed by atoms with E-state index in [0.717, 1.165) is 49.9 Å².